The summed E-state index contributed by atoms with van der Waals surface area (Å²) in [7, 11) is -2.94. The highest BCUT2D eigenvalue weighted by atomic mass is 32.2. The van der Waals surface area contributed by atoms with Crippen LogP contribution in [0.5, 0.6) is 0 Å². The van der Waals surface area contributed by atoms with E-state index in [0.29, 0.717) is 6.54 Å². The van der Waals surface area contributed by atoms with E-state index in [1.165, 1.54) is 11.8 Å². The maximum atomic E-state index is 11.5. The number of nitrogens with one attached hydrogen (secondary N) is 1. The Morgan fingerprint density at radius 1 is 1.19 bits per heavy atom. The first-order valence-corrected chi connectivity index (χ1v) is 9.42. The van der Waals surface area contributed by atoms with Gasteiger partial charge in [-0.25, -0.2) is 8.42 Å². The lowest BCUT2D eigenvalue weighted by atomic mass is 9.85. The zero-order valence-electron chi connectivity index (χ0n) is 13.4. The van der Waals surface area contributed by atoms with Gasteiger partial charge in [0, 0.05) is 31.4 Å². The van der Waals surface area contributed by atoms with Gasteiger partial charge in [-0.2, -0.15) is 0 Å². The molecule has 1 aromatic rings. The van der Waals surface area contributed by atoms with Crippen LogP contribution in [0.2, 0.25) is 0 Å². The summed E-state index contributed by atoms with van der Waals surface area (Å²) < 4.78 is 22.9. The SMILES string of the molecule is CC1(c2ccccc2)CN(CCS(C)(=O)=O)C(C)(C)CN1. The molecule has 1 atom stereocenters. The van der Waals surface area contributed by atoms with Crippen LogP contribution in [0.4, 0.5) is 0 Å². The molecule has 0 amide bonds. The van der Waals surface area contributed by atoms with Crippen molar-refractivity contribution in [1.29, 1.82) is 0 Å². The number of rotatable bonds is 4. The van der Waals surface area contributed by atoms with Crippen molar-refractivity contribution < 1.29 is 8.42 Å². The zero-order chi connectivity index (χ0) is 15.7. The quantitative estimate of drug-likeness (QED) is 0.918. The van der Waals surface area contributed by atoms with Crippen molar-refractivity contribution in [3.63, 3.8) is 0 Å². The largest absolute Gasteiger partial charge is 0.305 e. The molecular formula is C16H26N2O2S. The van der Waals surface area contributed by atoms with Crippen molar-refractivity contribution in [3.8, 4) is 0 Å². The topological polar surface area (TPSA) is 49.4 Å². The Bertz CT molecular complexity index is 584. The van der Waals surface area contributed by atoms with E-state index in [9.17, 15) is 8.42 Å². The van der Waals surface area contributed by atoms with E-state index < -0.39 is 9.84 Å². The Morgan fingerprint density at radius 2 is 1.81 bits per heavy atom. The fourth-order valence-electron chi connectivity index (χ4n) is 2.83. The molecule has 21 heavy (non-hydrogen) atoms. The van der Waals surface area contributed by atoms with Gasteiger partial charge in [0.25, 0.3) is 0 Å². The molecule has 1 fully saturated rings. The van der Waals surface area contributed by atoms with Crippen molar-refractivity contribution in [2.45, 2.75) is 31.8 Å². The normalized spacial score (nSPS) is 26.7. The summed E-state index contributed by atoms with van der Waals surface area (Å²) >= 11 is 0. The molecule has 0 saturated carbocycles. The molecule has 1 unspecified atom stereocenters. The monoisotopic (exact) mass is 310 g/mol. The van der Waals surface area contributed by atoms with Crippen molar-refractivity contribution in [3.05, 3.63) is 35.9 Å². The third-order valence-electron chi connectivity index (χ3n) is 4.42. The molecule has 0 radical (unpaired) electrons. The van der Waals surface area contributed by atoms with Gasteiger partial charge in [-0.3, -0.25) is 4.90 Å². The van der Waals surface area contributed by atoms with Crippen molar-refractivity contribution >= 4 is 9.84 Å². The van der Waals surface area contributed by atoms with Crippen LogP contribution in [-0.2, 0) is 15.4 Å². The van der Waals surface area contributed by atoms with E-state index in [4.69, 9.17) is 0 Å². The van der Waals surface area contributed by atoms with E-state index >= 15 is 0 Å². The minimum absolute atomic E-state index is 0.0427. The second kappa shape index (κ2) is 5.71. The lowest BCUT2D eigenvalue weighted by molar-refractivity contribution is 0.0368. The van der Waals surface area contributed by atoms with Gasteiger partial charge >= 0.3 is 0 Å². The van der Waals surface area contributed by atoms with Crippen molar-refractivity contribution in [1.82, 2.24) is 10.2 Å². The van der Waals surface area contributed by atoms with Gasteiger partial charge in [-0.1, -0.05) is 30.3 Å². The standard InChI is InChI=1S/C16H26N2O2S/c1-15(2)12-17-16(3,14-8-6-5-7-9-14)13-18(15)10-11-21(4,19)20/h5-9,17H,10-13H2,1-4H3. The zero-order valence-corrected chi connectivity index (χ0v) is 14.2. The van der Waals surface area contributed by atoms with Crippen LogP contribution in [-0.4, -0.2) is 50.5 Å². The highest BCUT2D eigenvalue weighted by Gasteiger charge is 2.40. The summed E-state index contributed by atoms with van der Waals surface area (Å²) in [5.41, 5.74) is 1.05. The lowest BCUT2D eigenvalue weighted by Crippen LogP contribution is -2.66. The highest BCUT2D eigenvalue weighted by Crippen LogP contribution is 2.30. The van der Waals surface area contributed by atoms with Gasteiger partial charge < -0.3 is 5.32 Å². The molecule has 1 N–H and O–H groups in total. The molecule has 5 heteroatoms. The van der Waals surface area contributed by atoms with Gasteiger partial charge in [-0.15, -0.1) is 0 Å². The summed E-state index contributed by atoms with van der Waals surface area (Å²) in [4.78, 5) is 2.29. The Morgan fingerprint density at radius 3 is 2.38 bits per heavy atom. The molecule has 1 aromatic carbocycles. The average Bonchev–Trinajstić information content (AvgIpc) is 2.40. The maximum Gasteiger partial charge on any atom is 0.148 e. The number of hydrogen-bond acceptors (Lipinski definition) is 4. The van der Waals surface area contributed by atoms with E-state index in [-0.39, 0.29) is 16.8 Å². The van der Waals surface area contributed by atoms with E-state index in [1.807, 2.05) is 18.2 Å². The number of hydrogen-bond donors (Lipinski definition) is 1. The minimum atomic E-state index is -2.94. The van der Waals surface area contributed by atoms with Crippen LogP contribution >= 0.6 is 0 Å². The van der Waals surface area contributed by atoms with Crippen LogP contribution in [0.3, 0.4) is 0 Å². The Labute approximate surface area is 128 Å². The molecule has 0 aliphatic carbocycles. The van der Waals surface area contributed by atoms with Crippen LogP contribution < -0.4 is 5.32 Å². The molecule has 0 spiro atoms. The van der Waals surface area contributed by atoms with E-state index in [2.05, 4.69) is 43.1 Å². The summed E-state index contributed by atoms with van der Waals surface area (Å²) in [6, 6.07) is 10.4. The fraction of sp³-hybridized carbons (Fsp3) is 0.625. The number of sulfone groups is 1. The minimum Gasteiger partial charge on any atom is -0.305 e. The molecule has 0 aromatic heterocycles. The second-order valence-corrected chi connectivity index (χ2v) is 9.18. The van der Waals surface area contributed by atoms with Gasteiger partial charge in [-0.05, 0) is 26.3 Å². The first kappa shape index (κ1) is 16.5. The molecule has 1 heterocycles. The number of benzene rings is 1. The van der Waals surface area contributed by atoms with Crippen LogP contribution in [0.25, 0.3) is 0 Å². The summed E-state index contributed by atoms with van der Waals surface area (Å²) in [6.07, 6.45) is 1.30. The fourth-order valence-corrected chi connectivity index (χ4v) is 3.38. The molecule has 1 saturated heterocycles. The lowest BCUT2D eigenvalue weighted by Gasteiger charge is -2.51. The molecule has 2 rings (SSSR count). The summed E-state index contributed by atoms with van der Waals surface area (Å²) in [5, 5.41) is 3.64. The summed E-state index contributed by atoms with van der Waals surface area (Å²) in [6.45, 7) is 8.72. The third kappa shape index (κ3) is 4.05. The Kier molecular flexibility index (Phi) is 4.47. The number of nitrogens with zero attached hydrogens (tertiary/aromatic N) is 1. The van der Waals surface area contributed by atoms with Crippen LogP contribution in [0.15, 0.2) is 30.3 Å². The van der Waals surface area contributed by atoms with Gasteiger partial charge in [0.2, 0.25) is 0 Å². The van der Waals surface area contributed by atoms with Gasteiger partial charge in [0.1, 0.15) is 9.84 Å². The third-order valence-corrected chi connectivity index (χ3v) is 5.34. The maximum absolute atomic E-state index is 11.5. The van der Waals surface area contributed by atoms with Crippen LogP contribution in [0, 0.1) is 0 Å². The number of piperazine rings is 1. The highest BCUT2D eigenvalue weighted by molar-refractivity contribution is 7.90. The predicted molar refractivity (Wildman–Crippen MR) is 87.2 cm³/mol. The first-order valence-electron chi connectivity index (χ1n) is 7.36. The molecule has 0 bridgehead atoms. The van der Waals surface area contributed by atoms with Crippen LogP contribution in [0.1, 0.15) is 26.3 Å². The molecule has 4 nitrogen and oxygen atoms in total. The van der Waals surface area contributed by atoms with E-state index in [0.717, 1.165) is 13.1 Å². The molecule has 1 aliphatic rings. The molecular weight excluding hydrogens is 284 g/mol. The Balaban J connectivity index is 2.19. The van der Waals surface area contributed by atoms with Gasteiger partial charge in [0.05, 0.1) is 11.3 Å². The van der Waals surface area contributed by atoms with Gasteiger partial charge in [0.15, 0.2) is 0 Å². The Hall–Kier alpha value is -0.910. The van der Waals surface area contributed by atoms with Crippen molar-refractivity contribution in [2.24, 2.45) is 0 Å². The first-order chi connectivity index (χ1) is 9.62. The summed E-state index contributed by atoms with van der Waals surface area (Å²) in [5.74, 6) is 0.210. The smallest absolute Gasteiger partial charge is 0.148 e. The molecule has 118 valence electrons. The molecule has 1 aliphatic heterocycles. The second-order valence-electron chi connectivity index (χ2n) is 6.92. The van der Waals surface area contributed by atoms with E-state index in [1.54, 1.807) is 0 Å². The predicted octanol–water partition coefficient (Wildman–Crippen LogP) is 1.63. The van der Waals surface area contributed by atoms with Crippen molar-refractivity contribution in [2.75, 3.05) is 31.6 Å². The average molecular weight is 310 g/mol.